The number of para-hydroxylation sites is 1. The topological polar surface area (TPSA) is 261 Å². The molecular formula is C31H51N5O10. The number of aliphatic carboxylic acids is 1. The Bertz CT molecular complexity index is 1180. The van der Waals surface area contributed by atoms with E-state index in [1.807, 2.05) is 0 Å². The van der Waals surface area contributed by atoms with Gasteiger partial charge in [-0.1, -0.05) is 59.7 Å². The maximum Gasteiger partial charge on any atom is 0.303 e. The summed E-state index contributed by atoms with van der Waals surface area (Å²) in [7, 11) is 0. The number of hydrogen-bond acceptors (Lipinski definition) is 10. The Kier molecular flexibility index (Phi) is 16.2. The van der Waals surface area contributed by atoms with E-state index in [0.29, 0.717) is 5.56 Å². The lowest BCUT2D eigenvalue weighted by Crippen LogP contribution is -2.60. The van der Waals surface area contributed by atoms with Gasteiger partial charge in [0.05, 0.1) is 6.04 Å². The molecule has 1 aromatic carbocycles. The number of amides is 4. The Labute approximate surface area is 269 Å². The van der Waals surface area contributed by atoms with Gasteiger partial charge in [0.15, 0.2) is 0 Å². The van der Waals surface area contributed by atoms with Crippen LogP contribution in [-0.4, -0.2) is 91.4 Å². The van der Waals surface area contributed by atoms with Gasteiger partial charge in [0.25, 0.3) is 11.9 Å². The van der Waals surface area contributed by atoms with Gasteiger partial charge < -0.3 is 52.5 Å². The number of carbonyl (C=O) groups is 5. The molecular weight excluding hydrogens is 602 g/mol. The maximum absolute atomic E-state index is 13.3. The SMILES string of the molecule is CC(C)C[C@H](NC(=O)[C@@H](NC(=O)[C@@H](N)C(C)C)C(C)C)C(=O)NC(CCC(O)C(=O)Nc1ccccc1CCC(=O)O)C(O)(O)O. The fourth-order valence-corrected chi connectivity index (χ4v) is 4.46. The first-order valence-electron chi connectivity index (χ1n) is 15.4. The monoisotopic (exact) mass is 653 g/mol. The Hall–Kier alpha value is -3.63. The number of aliphatic hydroxyl groups excluding tert-OH is 1. The van der Waals surface area contributed by atoms with Gasteiger partial charge in [-0.25, -0.2) is 0 Å². The van der Waals surface area contributed by atoms with Gasteiger partial charge in [0.2, 0.25) is 17.7 Å². The van der Waals surface area contributed by atoms with Crippen LogP contribution in [0.5, 0.6) is 0 Å². The van der Waals surface area contributed by atoms with Crippen LogP contribution in [-0.2, 0) is 30.4 Å². The zero-order chi connectivity index (χ0) is 35.4. The molecule has 0 radical (unpaired) electrons. The maximum atomic E-state index is 13.3. The van der Waals surface area contributed by atoms with Crippen LogP contribution >= 0.6 is 0 Å². The highest BCUT2D eigenvalue weighted by Gasteiger charge is 2.37. The van der Waals surface area contributed by atoms with Crippen LogP contribution in [0.25, 0.3) is 0 Å². The number of nitrogens with two attached hydrogens (primary N) is 1. The van der Waals surface area contributed by atoms with Crippen LogP contribution in [0.1, 0.15) is 72.8 Å². The molecule has 0 saturated carbocycles. The molecule has 0 heterocycles. The van der Waals surface area contributed by atoms with Gasteiger partial charge in [-0.2, -0.15) is 0 Å². The molecule has 15 heteroatoms. The van der Waals surface area contributed by atoms with Crippen LogP contribution in [0, 0.1) is 17.8 Å². The molecule has 0 aromatic heterocycles. The molecule has 0 aliphatic rings. The molecule has 46 heavy (non-hydrogen) atoms. The number of anilines is 1. The molecule has 1 rings (SSSR count). The molecule has 260 valence electrons. The third kappa shape index (κ3) is 13.8. The molecule has 4 amide bonds. The van der Waals surface area contributed by atoms with Crippen LogP contribution < -0.4 is 27.0 Å². The van der Waals surface area contributed by atoms with Crippen molar-refractivity contribution in [2.45, 2.75) is 110 Å². The van der Waals surface area contributed by atoms with E-state index in [1.165, 1.54) is 6.07 Å². The summed E-state index contributed by atoms with van der Waals surface area (Å²) in [5.74, 6) is -8.14. The van der Waals surface area contributed by atoms with Gasteiger partial charge >= 0.3 is 5.97 Å². The molecule has 1 aromatic rings. The first-order chi connectivity index (χ1) is 21.2. The fraction of sp³-hybridized carbons (Fsp3) is 0.645. The fourth-order valence-electron chi connectivity index (χ4n) is 4.46. The lowest BCUT2D eigenvalue weighted by atomic mass is 9.98. The Balaban J connectivity index is 3.00. The molecule has 0 bridgehead atoms. The summed E-state index contributed by atoms with van der Waals surface area (Å²) in [6.45, 7) is 10.5. The lowest BCUT2D eigenvalue weighted by molar-refractivity contribution is -0.327. The summed E-state index contributed by atoms with van der Waals surface area (Å²) in [4.78, 5) is 62.7. The van der Waals surface area contributed by atoms with Crippen LogP contribution in [0.2, 0.25) is 0 Å². The second-order valence-corrected chi connectivity index (χ2v) is 12.6. The lowest BCUT2D eigenvalue weighted by Gasteiger charge is -2.31. The zero-order valence-corrected chi connectivity index (χ0v) is 27.3. The standard InChI is InChI=1S/C31H51N5O10/c1-16(2)15-21(34-30(43)26(18(5)6)36-29(42)25(32)17(3)4)27(40)35-23(31(44,45)46)13-12-22(37)28(41)33-20-10-8-7-9-19(20)11-14-24(38)39/h7-10,16-18,21-23,25-26,37,44-46H,11-15,32H2,1-6H3,(H,33,41)(H,34,43)(H,35,40)(H,36,42)(H,38,39)/t21-,22?,23?,25-,26-/m0/s1. The average molecular weight is 654 g/mol. The number of aryl methyl sites for hydroxylation is 1. The predicted octanol–water partition coefficient (Wildman–Crippen LogP) is -0.446. The molecule has 11 N–H and O–H groups in total. The highest BCUT2D eigenvalue weighted by molar-refractivity contribution is 5.95. The number of carboxylic acids is 1. The number of carboxylic acid groups (broad SMARTS) is 1. The second kappa shape index (κ2) is 18.5. The predicted molar refractivity (Wildman–Crippen MR) is 169 cm³/mol. The number of hydrogen-bond donors (Lipinski definition) is 10. The number of rotatable bonds is 19. The minimum atomic E-state index is -3.46. The minimum absolute atomic E-state index is 0.107. The Morgan fingerprint density at radius 2 is 1.41 bits per heavy atom. The van der Waals surface area contributed by atoms with Crippen molar-refractivity contribution in [3.63, 3.8) is 0 Å². The Morgan fingerprint density at radius 3 is 1.93 bits per heavy atom. The van der Waals surface area contributed by atoms with Crippen LogP contribution in [0.4, 0.5) is 5.69 Å². The largest absolute Gasteiger partial charge is 0.481 e. The molecule has 5 atom stereocenters. The third-order valence-electron chi connectivity index (χ3n) is 7.31. The smallest absolute Gasteiger partial charge is 0.303 e. The van der Waals surface area contributed by atoms with E-state index >= 15 is 0 Å². The second-order valence-electron chi connectivity index (χ2n) is 12.6. The van der Waals surface area contributed by atoms with E-state index in [9.17, 15) is 44.4 Å². The third-order valence-corrected chi connectivity index (χ3v) is 7.31. The highest BCUT2D eigenvalue weighted by Crippen LogP contribution is 2.19. The van der Waals surface area contributed by atoms with Crippen molar-refractivity contribution < 1.29 is 49.5 Å². The van der Waals surface area contributed by atoms with E-state index < -0.39 is 78.7 Å². The summed E-state index contributed by atoms with van der Waals surface area (Å²) in [5, 5.41) is 59.4. The average Bonchev–Trinajstić information content (AvgIpc) is 2.94. The Morgan fingerprint density at radius 1 is 0.804 bits per heavy atom. The molecule has 0 spiro atoms. The summed E-state index contributed by atoms with van der Waals surface area (Å²) in [5.41, 5.74) is 6.72. The summed E-state index contributed by atoms with van der Waals surface area (Å²) < 4.78 is 0. The van der Waals surface area contributed by atoms with Crippen molar-refractivity contribution in [1.82, 2.24) is 16.0 Å². The molecule has 2 unspecified atom stereocenters. The van der Waals surface area contributed by atoms with Crippen LogP contribution in [0.15, 0.2) is 24.3 Å². The molecule has 0 aliphatic heterocycles. The first kappa shape index (κ1) is 40.4. The van der Waals surface area contributed by atoms with E-state index in [2.05, 4.69) is 21.3 Å². The van der Waals surface area contributed by atoms with Crippen molar-refractivity contribution in [3.8, 4) is 0 Å². The van der Waals surface area contributed by atoms with Crippen molar-refractivity contribution in [3.05, 3.63) is 29.8 Å². The van der Waals surface area contributed by atoms with Crippen molar-refractivity contribution in [2.75, 3.05) is 5.32 Å². The van der Waals surface area contributed by atoms with Gasteiger partial charge in [-0.3, -0.25) is 24.0 Å². The van der Waals surface area contributed by atoms with E-state index in [4.69, 9.17) is 10.8 Å². The normalized spacial score (nSPS) is 15.1. The molecule has 0 saturated heterocycles. The van der Waals surface area contributed by atoms with Gasteiger partial charge in [-0.05, 0) is 55.1 Å². The number of nitrogens with one attached hydrogen (secondary N) is 4. The van der Waals surface area contributed by atoms with E-state index in [1.54, 1.807) is 59.7 Å². The first-order valence-corrected chi connectivity index (χ1v) is 15.4. The number of benzene rings is 1. The highest BCUT2D eigenvalue weighted by atomic mass is 16.7. The minimum Gasteiger partial charge on any atom is -0.481 e. The summed E-state index contributed by atoms with van der Waals surface area (Å²) in [6, 6.07) is 1.52. The number of carbonyl (C=O) groups excluding carboxylic acids is 4. The van der Waals surface area contributed by atoms with Gasteiger partial charge in [0.1, 0.15) is 24.2 Å². The zero-order valence-electron chi connectivity index (χ0n) is 27.3. The van der Waals surface area contributed by atoms with E-state index in [-0.39, 0.29) is 42.7 Å². The van der Waals surface area contributed by atoms with Crippen molar-refractivity contribution in [1.29, 1.82) is 0 Å². The molecule has 15 nitrogen and oxygen atoms in total. The summed E-state index contributed by atoms with van der Waals surface area (Å²) in [6.07, 6.45) is -2.58. The van der Waals surface area contributed by atoms with E-state index in [0.717, 1.165) is 0 Å². The van der Waals surface area contributed by atoms with Crippen molar-refractivity contribution in [2.24, 2.45) is 23.5 Å². The quantitative estimate of drug-likeness (QED) is 0.0855. The molecule has 0 aliphatic carbocycles. The van der Waals surface area contributed by atoms with Crippen molar-refractivity contribution >= 4 is 35.3 Å². The van der Waals surface area contributed by atoms with Crippen LogP contribution in [0.3, 0.4) is 0 Å². The van der Waals surface area contributed by atoms with Gasteiger partial charge in [-0.15, -0.1) is 0 Å². The number of aliphatic hydroxyl groups is 4. The molecule has 0 fully saturated rings. The summed E-state index contributed by atoms with van der Waals surface area (Å²) >= 11 is 0. The van der Waals surface area contributed by atoms with Gasteiger partial charge in [0, 0.05) is 12.1 Å².